The minimum absolute atomic E-state index is 0.128. The Morgan fingerprint density at radius 3 is 2.68 bits per heavy atom. The maximum atomic E-state index is 12.9. The number of benzene rings is 2. The highest BCUT2D eigenvalue weighted by Crippen LogP contribution is 2.40. The summed E-state index contributed by atoms with van der Waals surface area (Å²) in [6, 6.07) is 11.3. The van der Waals surface area contributed by atoms with Gasteiger partial charge in [0.05, 0.1) is 22.2 Å². The molecule has 28 heavy (non-hydrogen) atoms. The van der Waals surface area contributed by atoms with Gasteiger partial charge in [0.15, 0.2) is 15.8 Å². The number of carbonyl (C=O) groups excluding carboxylic acids is 1. The van der Waals surface area contributed by atoms with Crippen LogP contribution in [-0.2, 0) is 4.79 Å². The first-order valence-electron chi connectivity index (χ1n) is 8.23. The number of amides is 1. The zero-order valence-electron chi connectivity index (χ0n) is 15.2. The lowest BCUT2D eigenvalue weighted by Gasteiger charge is -2.14. The average molecular weight is 474 g/mol. The molecule has 2 aromatic carbocycles. The molecule has 0 N–H and O–H groups in total. The molecule has 1 aliphatic rings. The zero-order valence-corrected chi connectivity index (χ0v) is 18.4. The summed E-state index contributed by atoms with van der Waals surface area (Å²) in [7, 11) is 1.55. The van der Waals surface area contributed by atoms with Crippen LogP contribution in [0.4, 0.5) is 5.69 Å². The molecule has 1 saturated heterocycles. The fourth-order valence-corrected chi connectivity index (χ4v) is 4.49. The van der Waals surface area contributed by atoms with Crippen LogP contribution in [0.25, 0.3) is 6.08 Å². The Labute approximate surface area is 182 Å². The molecule has 0 aromatic heterocycles. The monoisotopic (exact) mass is 473 g/mol. The first-order chi connectivity index (χ1) is 13.4. The Morgan fingerprint density at radius 2 is 2.04 bits per heavy atom. The van der Waals surface area contributed by atoms with Crippen molar-refractivity contribution in [3.8, 4) is 23.8 Å². The van der Waals surface area contributed by atoms with Crippen LogP contribution in [0.15, 0.2) is 45.8 Å². The fourth-order valence-electron chi connectivity index (χ4n) is 2.61. The topological polar surface area (TPSA) is 38.8 Å². The smallest absolute Gasteiger partial charge is 0.270 e. The van der Waals surface area contributed by atoms with Gasteiger partial charge in [0.25, 0.3) is 5.91 Å². The predicted molar refractivity (Wildman–Crippen MR) is 122 cm³/mol. The van der Waals surface area contributed by atoms with E-state index in [1.54, 1.807) is 24.2 Å². The molecule has 0 aliphatic carbocycles. The second kappa shape index (κ2) is 8.82. The second-order valence-electron chi connectivity index (χ2n) is 5.88. The molecule has 0 spiro atoms. The maximum absolute atomic E-state index is 12.9. The number of hydrogen-bond acceptors (Lipinski definition) is 5. The second-order valence-corrected chi connectivity index (χ2v) is 8.41. The highest BCUT2D eigenvalue weighted by Gasteiger charge is 2.33. The van der Waals surface area contributed by atoms with Crippen LogP contribution in [0.3, 0.4) is 0 Å². The van der Waals surface area contributed by atoms with Crippen LogP contribution in [0.1, 0.15) is 11.1 Å². The number of carbonyl (C=O) groups is 1. The molecule has 1 fully saturated rings. The summed E-state index contributed by atoms with van der Waals surface area (Å²) in [5, 5.41) is 0. The number of terminal acetylenes is 1. The lowest BCUT2D eigenvalue weighted by atomic mass is 10.1. The third-order valence-electron chi connectivity index (χ3n) is 3.94. The summed E-state index contributed by atoms with van der Waals surface area (Å²) in [6.07, 6.45) is 7.04. The van der Waals surface area contributed by atoms with Gasteiger partial charge in [0, 0.05) is 0 Å². The molecule has 0 unspecified atom stereocenters. The van der Waals surface area contributed by atoms with Gasteiger partial charge in [-0.2, -0.15) is 0 Å². The van der Waals surface area contributed by atoms with Crippen molar-refractivity contribution in [2.75, 3.05) is 18.6 Å². The minimum atomic E-state index is -0.151. The molecular weight excluding hydrogens is 458 g/mol. The number of thioether (sulfide) groups is 1. The average Bonchev–Trinajstić information content (AvgIpc) is 2.94. The Hall–Kier alpha value is -2.27. The Bertz CT molecular complexity index is 1010. The molecule has 142 valence electrons. The van der Waals surface area contributed by atoms with Crippen molar-refractivity contribution in [2.45, 2.75) is 6.92 Å². The van der Waals surface area contributed by atoms with Gasteiger partial charge in [-0.05, 0) is 58.8 Å². The zero-order chi connectivity index (χ0) is 20.3. The summed E-state index contributed by atoms with van der Waals surface area (Å²) in [5.41, 5.74) is 2.66. The van der Waals surface area contributed by atoms with E-state index >= 15 is 0 Å². The molecule has 0 bridgehead atoms. The Kier molecular flexibility index (Phi) is 6.45. The van der Waals surface area contributed by atoms with Crippen molar-refractivity contribution in [1.29, 1.82) is 0 Å². The molecular formula is C21H16BrNO3S2. The van der Waals surface area contributed by atoms with E-state index in [-0.39, 0.29) is 12.5 Å². The van der Waals surface area contributed by atoms with E-state index in [4.69, 9.17) is 28.1 Å². The van der Waals surface area contributed by atoms with Crippen molar-refractivity contribution < 1.29 is 14.3 Å². The molecule has 7 heteroatoms. The van der Waals surface area contributed by atoms with Crippen LogP contribution < -0.4 is 14.4 Å². The van der Waals surface area contributed by atoms with E-state index < -0.39 is 0 Å². The molecule has 3 rings (SSSR count). The summed E-state index contributed by atoms with van der Waals surface area (Å²) in [4.78, 5) is 15.0. The summed E-state index contributed by atoms with van der Waals surface area (Å²) >= 11 is 10.2. The molecule has 2 aromatic rings. The van der Waals surface area contributed by atoms with Crippen molar-refractivity contribution >= 4 is 61.9 Å². The molecule has 4 nitrogen and oxygen atoms in total. The van der Waals surface area contributed by atoms with Crippen molar-refractivity contribution in [3.63, 3.8) is 0 Å². The number of thiocarbonyl (C=S) groups is 1. The highest BCUT2D eigenvalue weighted by atomic mass is 79.9. The first kappa shape index (κ1) is 20.5. The van der Waals surface area contributed by atoms with Crippen LogP contribution in [0.2, 0.25) is 0 Å². The van der Waals surface area contributed by atoms with E-state index in [0.29, 0.717) is 25.2 Å². The van der Waals surface area contributed by atoms with Gasteiger partial charge >= 0.3 is 0 Å². The number of rotatable bonds is 5. The standard InChI is InChI=1S/C21H16BrNO3S2/c1-4-9-26-19-16(22)10-14(11-17(19)25-3)12-18-20(24)23(21(27)28-18)15-7-5-13(2)6-8-15/h1,5-8,10-12H,9H2,2-3H3/b18-12+. The number of anilines is 1. The molecule has 1 heterocycles. The number of methoxy groups -OCH3 is 1. The van der Waals surface area contributed by atoms with Crippen LogP contribution in [-0.4, -0.2) is 23.9 Å². The third-order valence-corrected chi connectivity index (χ3v) is 5.83. The van der Waals surface area contributed by atoms with Crippen LogP contribution in [0.5, 0.6) is 11.5 Å². The van der Waals surface area contributed by atoms with Gasteiger partial charge in [-0.15, -0.1) is 6.42 Å². The van der Waals surface area contributed by atoms with E-state index in [9.17, 15) is 4.79 Å². The van der Waals surface area contributed by atoms with E-state index in [1.807, 2.05) is 37.3 Å². The van der Waals surface area contributed by atoms with Gasteiger partial charge in [-0.25, -0.2) is 0 Å². The first-order valence-corrected chi connectivity index (χ1v) is 10.2. The number of nitrogens with zero attached hydrogens (tertiary/aromatic N) is 1. The van der Waals surface area contributed by atoms with Crippen LogP contribution in [0, 0.1) is 19.3 Å². The van der Waals surface area contributed by atoms with Gasteiger partial charge in [-0.3, -0.25) is 9.69 Å². The molecule has 0 saturated carbocycles. The summed E-state index contributed by atoms with van der Waals surface area (Å²) < 4.78 is 12.1. The van der Waals surface area contributed by atoms with E-state index in [0.717, 1.165) is 16.8 Å². The van der Waals surface area contributed by atoms with E-state index in [2.05, 4.69) is 21.9 Å². The lowest BCUT2D eigenvalue weighted by molar-refractivity contribution is -0.113. The number of ether oxygens (including phenoxy) is 2. The quantitative estimate of drug-likeness (QED) is 0.339. The van der Waals surface area contributed by atoms with Gasteiger partial charge in [0.2, 0.25) is 0 Å². The molecule has 0 atom stereocenters. The van der Waals surface area contributed by atoms with E-state index in [1.165, 1.54) is 11.8 Å². The van der Waals surface area contributed by atoms with Crippen molar-refractivity contribution in [3.05, 3.63) is 56.9 Å². The number of hydrogen-bond donors (Lipinski definition) is 0. The Balaban J connectivity index is 1.92. The van der Waals surface area contributed by atoms with Gasteiger partial charge < -0.3 is 9.47 Å². The largest absolute Gasteiger partial charge is 0.493 e. The van der Waals surface area contributed by atoms with Gasteiger partial charge in [0.1, 0.15) is 6.61 Å². The predicted octanol–water partition coefficient (Wildman–Crippen LogP) is 5.18. The fraction of sp³-hybridized carbons (Fsp3) is 0.143. The number of aryl methyl sites for hydroxylation is 1. The SMILES string of the molecule is C#CCOc1c(Br)cc(/C=C2/SC(=S)N(c3ccc(C)cc3)C2=O)cc1OC. The maximum Gasteiger partial charge on any atom is 0.270 e. The normalized spacial score (nSPS) is 15.1. The van der Waals surface area contributed by atoms with Crippen molar-refractivity contribution in [1.82, 2.24) is 0 Å². The van der Waals surface area contributed by atoms with Crippen LogP contribution >= 0.6 is 39.9 Å². The minimum Gasteiger partial charge on any atom is -0.493 e. The highest BCUT2D eigenvalue weighted by molar-refractivity contribution is 9.10. The van der Waals surface area contributed by atoms with Crippen molar-refractivity contribution in [2.24, 2.45) is 0 Å². The molecule has 1 amide bonds. The molecule has 0 radical (unpaired) electrons. The Morgan fingerprint density at radius 1 is 1.32 bits per heavy atom. The number of halogens is 1. The molecule has 1 aliphatic heterocycles. The lowest BCUT2D eigenvalue weighted by Crippen LogP contribution is -2.27. The third kappa shape index (κ3) is 4.25. The van der Waals surface area contributed by atoms with Gasteiger partial charge in [-0.1, -0.05) is 47.6 Å². The summed E-state index contributed by atoms with van der Waals surface area (Å²) in [6.45, 7) is 2.12. The summed E-state index contributed by atoms with van der Waals surface area (Å²) in [5.74, 6) is 3.31.